The monoisotopic (exact) mass is 400 g/mol. The highest BCUT2D eigenvalue weighted by molar-refractivity contribution is 5.86. The van der Waals surface area contributed by atoms with Gasteiger partial charge in [0.25, 0.3) is 5.91 Å². The van der Waals surface area contributed by atoms with E-state index in [4.69, 9.17) is 9.15 Å². The summed E-state index contributed by atoms with van der Waals surface area (Å²) < 4.78 is 11.3. The van der Waals surface area contributed by atoms with Crippen LogP contribution in [0, 0.1) is 20.8 Å². The van der Waals surface area contributed by atoms with E-state index in [1.54, 1.807) is 19.9 Å². The summed E-state index contributed by atoms with van der Waals surface area (Å²) in [6.07, 6.45) is 1.56. The fraction of sp³-hybridized carbons (Fsp3) is 0.500. The number of carbonyl (C=O) groups is 2. The van der Waals surface area contributed by atoms with Gasteiger partial charge in [-0.2, -0.15) is 0 Å². The Morgan fingerprint density at radius 3 is 2.66 bits per heavy atom. The minimum atomic E-state index is -0.696. The number of aryl methyl sites for hydroxylation is 2. The number of likely N-dealkylation sites (tertiary alicyclic amines) is 1. The molecule has 1 aliphatic rings. The summed E-state index contributed by atoms with van der Waals surface area (Å²) in [5, 5.41) is 3.71. The standard InChI is InChI=1S/C22H28N2O5/c1-13-14(2)22(27)29-20-15(3)18(9-8-17(13)20)28-16(4)21(26)23-10-6-12-24-11-5-7-19(24)25/h8-9,16H,5-7,10-12H2,1-4H3,(H,23,26)/t16-/m0/s1. The number of hydrogen-bond acceptors (Lipinski definition) is 5. The van der Waals surface area contributed by atoms with Crippen molar-refractivity contribution >= 4 is 22.8 Å². The number of rotatable bonds is 7. The van der Waals surface area contributed by atoms with E-state index in [-0.39, 0.29) is 17.4 Å². The minimum absolute atomic E-state index is 0.192. The molecule has 3 rings (SSSR count). The maximum atomic E-state index is 12.3. The van der Waals surface area contributed by atoms with Gasteiger partial charge in [0.2, 0.25) is 5.91 Å². The number of carbonyl (C=O) groups excluding carboxylic acids is 2. The highest BCUT2D eigenvalue weighted by Crippen LogP contribution is 2.29. The number of nitrogens with zero attached hydrogens (tertiary/aromatic N) is 1. The molecule has 1 N–H and O–H groups in total. The lowest BCUT2D eigenvalue weighted by atomic mass is 10.0. The van der Waals surface area contributed by atoms with Crippen LogP contribution in [-0.4, -0.2) is 42.5 Å². The number of fused-ring (bicyclic) bond motifs is 1. The van der Waals surface area contributed by atoms with Crippen molar-refractivity contribution in [3.63, 3.8) is 0 Å². The number of ether oxygens (including phenoxy) is 1. The first-order chi connectivity index (χ1) is 13.8. The minimum Gasteiger partial charge on any atom is -0.480 e. The molecule has 1 aromatic heterocycles. The molecule has 0 bridgehead atoms. The number of benzene rings is 1. The molecule has 1 aliphatic heterocycles. The Morgan fingerprint density at radius 2 is 1.97 bits per heavy atom. The van der Waals surface area contributed by atoms with Crippen LogP contribution < -0.4 is 15.7 Å². The molecule has 7 heteroatoms. The summed E-state index contributed by atoms with van der Waals surface area (Å²) in [6, 6.07) is 3.65. The summed E-state index contributed by atoms with van der Waals surface area (Å²) in [5.74, 6) is 0.477. The van der Waals surface area contributed by atoms with Crippen molar-refractivity contribution in [2.24, 2.45) is 0 Å². The molecule has 1 saturated heterocycles. The zero-order valence-electron chi connectivity index (χ0n) is 17.5. The van der Waals surface area contributed by atoms with Crippen molar-refractivity contribution in [1.82, 2.24) is 10.2 Å². The van der Waals surface area contributed by atoms with Gasteiger partial charge in [-0.05, 0) is 58.2 Å². The van der Waals surface area contributed by atoms with E-state index in [0.29, 0.717) is 48.4 Å². The molecule has 1 fully saturated rings. The van der Waals surface area contributed by atoms with Gasteiger partial charge in [0, 0.05) is 42.6 Å². The lowest BCUT2D eigenvalue weighted by molar-refractivity contribution is -0.127. The Balaban J connectivity index is 1.60. The Morgan fingerprint density at radius 1 is 1.21 bits per heavy atom. The molecule has 2 heterocycles. The van der Waals surface area contributed by atoms with Gasteiger partial charge in [0.05, 0.1) is 0 Å². The summed E-state index contributed by atoms with van der Waals surface area (Å²) in [5.41, 5.74) is 2.29. The van der Waals surface area contributed by atoms with Crippen LogP contribution in [0.3, 0.4) is 0 Å². The van der Waals surface area contributed by atoms with E-state index >= 15 is 0 Å². The SMILES string of the molecule is Cc1c(C)c2ccc(O[C@@H](C)C(=O)NCCCN3CCCC3=O)c(C)c2oc1=O. The van der Waals surface area contributed by atoms with Crippen molar-refractivity contribution in [2.45, 2.75) is 53.1 Å². The number of nitrogens with one attached hydrogen (secondary N) is 1. The Bertz CT molecular complexity index is 995. The maximum absolute atomic E-state index is 12.3. The van der Waals surface area contributed by atoms with E-state index in [9.17, 15) is 14.4 Å². The third-order valence-corrected chi connectivity index (χ3v) is 5.57. The second-order valence-corrected chi connectivity index (χ2v) is 7.59. The molecule has 2 amide bonds. The van der Waals surface area contributed by atoms with E-state index < -0.39 is 6.10 Å². The predicted octanol–water partition coefficient (Wildman–Crippen LogP) is 2.61. The zero-order valence-corrected chi connectivity index (χ0v) is 17.5. The first kappa shape index (κ1) is 20.9. The second kappa shape index (κ2) is 8.68. The van der Waals surface area contributed by atoms with Gasteiger partial charge in [-0.25, -0.2) is 4.79 Å². The quantitative estimate of drug-likeness (QED) is 0.570. The summed E-state index contributed by atoms with van der Waals surface area (Å²) in [6.45, 7) is 9.08. The van der Waals surface area contributed by atoms with Crippen LogP contribution in [0.25, 0.3) is 11.0 Å². The first-order valence-electron chi connectivity index (χ1n) is 10.1. The van der Waals surface area contributed by atoms with Gasteiger partial charge in [-0.1, -0.05) is 0 Å². The van der Waals surface area contributed by atoms with Gasteiger partial charge in [0.1, 0.15) is 11.3 Å². The lowest BCUT2D eigenvalue weighted by Crippen LogP contribution is -2.38. The largest absolute Gasteiger partial charge is 0.480 e. The highest BCUT2D eigenvalue weighted by Gasteiger charge is 2.20. The van der Waals surface area contributed by atoms with Crippen LogP contribution in [0.4, 0.5) is 0 Å². The normalized spacial score (nSPS) is 15.0. The summed E-state index contributed by atoms with van der Waals surface area (Å²) in [7, 11) is 0. The van der Waals surface area contributed by atoms with E-state index in [1.807, 2.05) is 24.8 Å². The number of amides is 2. The van der Waals surface area contributed by atoms with Crippen molar-refractivity contribution in [1.29, 1.82) is 0 Å². The predicted molar refractivity (Wildman–Crippen MR) is 110 cm³/mol. The molecule has 0 aliphatic carbocycles. The summed E-state index contributed by atoms with van der Waals surface area (Å²) >= 11 is 0. The van der Waals surface area contributed by atoms with E-state index in [2.05, 4.69) is 5.32 Å². The Hall–Kier alpha value is -2.83. The average Bonchev–Trinajstić information content (AvgIpc) is 3.10. The van der Waals surface area contributed by atoms with Gasteiger partial charge >= 0.3 is 5.63 Å². The van der Waals surface area contributed by atoms with Crippen molar-refractivity contribution < 1.29 is 18.7 Å². The highest BCUT2D eigenvalue weighted by atomic mass is 16.5. The molecular weight excluding hydrogens is 372 g/mol. The molecule has 29 heavy (non-hydrogen) atoms. The van der Waals surface area contributed by atoms with Crippen LogP contribution >= 0.6 is 0 Å². The third kappa shape index (κ3) is 4.44. The average molecular weight is 400 g/mol. The fourth-order valence-corrected chi connectivity index (χ4v) is 3.56. The molecule has 7 nitrogen and oxygen atoms in total. The smallest absolute Gasteiger partial charge is 0.339 e. The molecule has 2 aromatic rings. The first-order valence-corrected chi connectivity index (χ1v) is 10.1. The van der Waals surface area contributed by atoms with Crippen LogP contribution in [0.2, 0.25) is 0 Å². The lowest BCUT2D eigenvalue weighted by Gasteiger charge is -2.18. The van der Waals surface area contributed by atoms with Crippen LogP contribution in [0.15, 0.2) is 21.3 Å². The molecule has 156 valence electrons. The Labute approximate surface area is 170 Å². The van der Waals surface area contributed by atoms with Crippen molar-refractivity contribution in [2.75, 3.05) is 19.6 Å². The van der Waals surface area contributed by atoms with E-state index in [1.165, 1.54) is 0 Å². The van der Waals surface area contributed by atoms with Crippen molar-refractivity contribution in [3.8, 4) is 5.75 Å². The van der Waals surface area contributed by atoms with Crippen LogP contribution in [0.5, 0.6) is 5.75 Å². The van der Waals surface area contributed by atoms with Crippen LogP contribution in [-0.2, 0) is 9.59 Å². The van der Waals surface area contributed by atoms with Gasteiger partial charge in [-0.15, -0.1) is 0 Å². The second-order valence-electron chi connectivity index (χ2n) is 7.59. The molecule has 1 atom stereocenters. The summed E-state index contributed by atoms with van der Waals surface area (Å²) in [4.78, 5) is 37.8. The molecule has 0 unspecified atom stereocenters. The topological polar surface area (TPSA) is 88.8 Å². The molecular formula is C22H28N2O5. The van der Waals surface area contributed by atoms with Gasteiger partial charge in [0.15, 0.2) is 6.10 Å². The van der Waals surface area contributed by atoms with Crippen LogP contribution in [0.1, 0.15) is 42.9 Å². The molecule has 0 radical (unpaired) electrons. The fourth-order valence-electron chi connectivity index (χ4n) is 3.56. The van der Waals surface area contributed by atoms with Gasteiger partial charge in [-0.3, -0.25) is 9.59 Å². The van der Waals surface area contributed by atoms with E-state index in [0.717, 1.165) is 23.9 Å². The van der Waals surface area contributed by atoms with Crippen molar-refractivity contribution in [3.05, 3.63) is 39.2 Å². The molecule has 0 saturated carbocycles. The van der Waals surface area contributed by atoms with Gasteiger partial charge < -0.3 is 19.4 Å². The third-order valence-electron chi connectivity index (χ3n) is 5.57. The number of hydrogen-bond donors (Lipinski definition) is 1. The Kier molecular flexibility index (Phi) is 6.25. The zero-order chi connectivity index (χ0) is 21.1. The molecule has 0 spiro atoms. The molecule has 1 aromatic carbocycles. The maximum Gasteiger partial charge on any atom is 0.339 e.